The van der Waals surface area contributed by atoms with Crippen molar-refractivity contribution in [3.8, 4) is 0 Å². The van der Waals surface area contributed by atoms with Crippen molar-refractivity contribution in [2.24, 2.45) is 5.73 Å². The first-order valence-electron chi connectivity index (χ1n) is 3.71. The number of nitrogen functional groups attached to an aromatic ring is 1. The quantitative estimate of drug-likeness (QED) is 0.337. The summed E-state index contributed by atoms with van der Waals surface area (Å²) in [5.41, 5.74) is 6.39. The van der Waals surface area contributed by atoms with Gasteiger partial charge in [0.15, 0.2) is 5.84 Å². The van der Waals surface area contributed by atoms with E-state index in [4.69, 9.17) is 11.1 Å². The van der Waals surface area contributed by atoms with Crippen LogP contribution in [-0.2, 0) is 0 Å². The van der Waals surface area contributed by atoms with E-state index >= 15 is 0 Å². The molecule has 1 heterocycles. The van der Waals surface area contributed by atoms with E-state index in [-0.39, 0.29) is 11.7 Å². The van der Waals surface area contributed by atoms with Crippen LogP contribution in [0.5, 0.6) is 0 Å². The highest BCUT2D eigenvalue weighted by atomic mass is 16.5. The molecule has 5 heteroatoms. The van der Waals surface area contributed by atoms with Crippen LogP contribution in [0.25, 0.3) is 11.0 Å². The van der Waals surface area contributed by atoms with Gasteiger partial charge in [0.1, 0.15) is 5.52 Å². The van der Waals surface area contributed by atoms with Gasteiger partial charge in [0, 0.05) is 0 Å². The summed E-state index contributed by atoms with van der Waals surface area (Å²) >= 11 is 0. The Hall–Kier alpha value is -2.04. The number of nitrogens with one attached hydrogen (secondary N) is 1. The number of aromatic nitrogens is 2. The van der Waals surface area contributed by atoms with Gasteiger partial charge in [-0.1, -0.05) is 12.1 Å². The minimum Gasteiger partial charge on any atom is -0.426 e. The van der Waals surface area contributed by atoms with Crippen LogP contribution in [-0.4, -0.2) is 20.8 Å². The summed E-state index contributed by atoms with van der Waals surface area (Å²) in [6.07, 6.45) is 0. The number of imidazole rings is 1. The number of nitrogens with zero attached hydrogens (tertiary/aromatic N) is 2. The minimum atomic E-state index is -0.251. The molecule has 0 aliphatic rings. The molecule has 2 rings (SSSR count). The molecule has 1 aromatic carbocycles. The molecule has 4 N–H and O–H groups in total. The summed E-state index contributed by atoms with van der Waals surface area (Å²) in [6, 6.07) is 7.03. The average molecular weight is 176 g/mol. The molecule has 0 spiro atoms. The third-order valence-electron chi connectivity index (χ3n) is 1.78. The molecule has 0 aliphatic carbocycles. The SMILES string of the molecule is N=C(N)c1nc2ccccc2n1O. The first-order chi connectivity index (χ1) is 6.20. The Balaban J connectivity index is 2.81. The summed E-state index contributed by atoms with van der Waals surface area (Å²) in [5.74, 6) is -0.181. The Morgan fingerprint density at radius 1 is 1.46 bits per heavy atom. The third-order valence-corrected chi connectivity index (χ3v) is 1.78. The minimum absolute atomic E-state index is 0.0706. The lowest BCUT2D eigenvalue weighted by atomic mass is 10.3. The predicted molar refractivity (Wildman–Crippen MR) is 47.9 cm³/mol. The molecular formula is C8H8N4O. The van der Waals surface area contributed by atoms with Crippen LogP contribution in [0.1, 0.15) is 5.82 Å². The van der Waals surface area contributed by atoms with Crippen molar-refractivity contribution in [2.45, 2.75) is 0 Å². The third kappa shape index (κ3) is 1.01. The van der Waals surface area contributed by atoms with Gasteiger partial charge in [0.25, 0.3) is 0 Å². The second-order valence-electron chi connectivity index (χ2n) is 2.65. The van der Waals surface area contributed by atoms with E-state index in [0.29, 0.717) is 11.0 Å². The molecule has 13 heavy (non-hydrogen) atoms. The topological polar surface area (TPSA) is 87.9 Å². The lowest BCUT2D eigenvalue weighted by molar-refractivity contribution is 0.196. The Labute approximate surface area is 73.9 Å². The Bertz CT molecular complexity index is 474. The fourth-order valence-electron chi connectivity index (χ4n) is 1.19. The molecule has 66 valence electrons. The van der Waals surface area contributed by atoms with E-state index in [2.05, 4.69) is 4.98 Å². The number of amidine groups is 1. The standard InChI is InChI=1S/C8H8N4O/c9-7(10)8-11-5-3-1-2-4-6(5)12(8)13/h1-4,13H,(H3,9,10). The zero-order valence-electron chi connectivity index (χ0n) is 6.73. The van der Waals surface area contributed by atoms with Crippen LogP contribution in [0.4, 0.5) is 0 Å². The van der Waals surface area contributed by atoms with Crippen LogP contribution < -0.4 is 5.73 Å². The summed E-state index contributed by atoms with van der Waals surface area (Å²) in [5, 5.41) is 16.6. The molecule has 1 aromatic heterocycles. The number of hydrogen-bond donors (Lipinski definition) is 3. The van der Waals surface area contributed by atoms with Gasteiger partial charge in [0.2, 0.25) is 5.82 Å². The van der Waals surface area contributed by atoms with Gasteiger partial charge in [-0.05, 0) is 12.1 Å². The van der Waals surface area contributed by atoms with Crippen molar-refractivity contribution in [1.29, 1.82) is 5.41 Å². The van der Waals surface area contributed by atoms with Gasteiger partial charge in [-0.25, -0.2) is 4.98 Å². The molecule has 5 nitrogen and oxygen atoms in total. The Morgan fingerprint density at radius 3 is 2.77 bits per heavy atom. The van der Waals surface area contributed by atoms with Crippen molar-refractivity contribution in [3.05, 3.63) is 30.1 Å². The smallest absolute Gasteiger partial charge is 0.211 e. The Morgan fingerprint density at radius 2 is 2.15 bits per heavy atom. The van der Waals surface area contributed by atoms with Crippen LogP contribution in [0.15, 0.2) is 24.3 Å². The van der Waals surface area contributed by atoms with E-state index in [9.17, 15) is 5.21 Å². The molecule has 0 fully saturated rings. The molecule has 0 saturated carbocycles. The maximum absolute atomic E-state index is 9.49. The van der Waals surface area contributed by atoms with Crippen LogP contribution in [0.2, 0.25) is 0 Å². The summed E-state index contributed by atoms with van der Waals surface area (Å²) in [4.78, 5) is 3.98. The van der Waals surface area contributed by atoms with Crippen LogP contribution in [0, 0.1) is 5.41 Å². The van der Waals surface area contributed by atoms with Crippen molar-refractivity contribution < 1.29 is 5.21 Å². The largest absolute Gasteiger partial charge is 0.426 e. The van der Waals surface area contributed by atoms with Crippen molar-refractivity contribution >= 4 is 16.9 Å². The second-order valence-corrected chi connectivity index (χ2v) is 2.65. The highest BCUT2D eigenvalue weighted by molar-refractivity contribution is 5.95. The van der Waals surface area contributed by atoms with E-state index in [0.717, 1.165) is 4.73 Å². The Kier molecular flexibility index (Phi) is 1.45. The normalized spacial score (nSPS) is 10.5. The molecule has 0 aliphatic heterocycles. The molecular weight excluding hydrogens is 168 g/mol. The zero-order chi connectivity index (χ0) is 9.42. The molecule has 0 amide bonds. The first-order valence-corrected chi connectivity index (χ1v) is 3.71. The van der Waals surface area contributed by atoms with E-state index < -0.39 is 0 Å². The van der Waals surface area contributed by atoms with Gasteiger partial charge < -0.3 is 10.9 Å². The summed E-state index contributed by atoms with van der Waals surface area (Å²) in [6.45, 7) is 0. The summed E-state index contributed by atoms with van der Waals surface area (Å²) in [7, 11) is 0. The van der Waals surface area contributed by atoms with Crippen LogP contribution >= 0.6 is 0 Å². The molecule has 2 aromatic rings. The number of hydrogen-bond acceptors (Lipinski definition) is 3. The van der Waals surface area contributed by atoms with E-state index in [1.807, 2.05) is 0 Å². The van der Waals surface area contributed by atoms with E-state index in [1.165, 1.54) is 0 Å². The number of nitrogens with two attached hydrogens (primary N) is 1. The lowest BCUT2D eigenvalue weighted by Crippen LogP contribution is -2.16. The van der Waals surface area contributed by atoms with Gasteiger partial charge >= 0.3 is 0 Å². The highest BCUT2D eigenvalue weighted by Gasteiger charge is 2.10. The first kappa shape index (κ1) is 7.60. The highest BCUT2D eigenvalue weighted by Crippen LogP contribution is 2.12. The zero-order valence-corrected chi connectivity index (χ0v) is 6.73. The van der Waals surface area contributed by atoms with Crippen molar-refractivity contribution in [1.82, 2.24) is 9.71 Å². The van der Waals surface area contributed by atoms with Gasteiger partial charge in [-0.2, -0.15) is 4.73 Å². The van der Waals surface area contributed by atoms with Gasteiger partial charge in [-0.15, -0.1) is 0 Å². The molecule has 0 unspecified atom stereocenters. The van der Waals surface area contributed by atoms with Gasteiger partial charge in [-0.3, -0.25) is 5.41 Å². The van der Waals surface area contributed by atoms with E-state index in [1.54, 1.807) is 24.3 Å². The van der Waals surface area contributed by atoms with Gasteiger partial charge in [0.05, 0.1) is 5.52 Å². The monoisotopic (exact) mass is 176 g/mol. The molecule has 0 saturated heterocycles. The molecule has 0 atom stereocenters. The second kappa shape index (κ2) is 2.48. The maximum atomic E-state index is 9.49. The predicted octanol–water partition coefficient (Wildman–Crippen LogP) is 0.558. The average Bonchev–Trinajstić information content (AvgIpc) is 2.45. The molecule has 0 bridgehead atoms. The fraction of sp³-hybridized carbons (Fsp3) is 0. The number of benzene rings is 1. The number of para-hydroxylation sites is 2. The number of rotatable bonds is 1. The maximum Gasteiger partial charge on any atom is 0.211 e. The lowest BCUT2D eigenvalue weighted by Gasteiger charge is -1.96. The van der Waals surface area contributed by atoms with Crippen LogP contribution in [0.3, 0.4) is 0 Å². The molecule has 0 radical (unpaired) electrons. The fourth-order valence-corrected chi connectivity index (χ4v) is 1.19. The van der Waals surface area contributed by atoms with Crippen molar-refractivity contribution in [3.63, 3.8) is 0 Å². The van der Waals surface area contributed by atoms with Crippen molar-refractivity contribution in [2.75, 3.05) is 0 Å². The number of fused-ring (bicyclic) bond motifs is 1. The summed E-state index contributed by atoms with van der Waals surface area (Å²) < 4.78 is 0.817.